The van der Waals surface area contributed by atoms with Gasteiger partial charge in [0.1, 0.15) is 11.2 Å². The molecule has 0 aliphatic carbocycles. The van der Waals surface area contributed by atoms with Crippen LogP contribution in [0.5, 0.6) is 0 Å². The molecule has 5 nitrogen and oxygen atoms in total. The second-order valence-corrected chi connectivity index (χ2v) is 4.72. The van der Waals surface area contributed by atoms with Gasteiger partial charge in [-0.2, -0.15) is 0 Å². The fourth-order valence-electron chi connectivity index (χ4n) is 2.10. The molecule has 1 aromatic carbocycles. The lowest BCUT2D eigenvalue weighted by Gasteiger charge is -2.05. The molecule has 102 valence electrons. The van der Waals surface area contributed by atoms with Gasteiger partial charge in [0.2, 0.25) is 13.9 Å². The summed E-state index contributed by atoms with van der Waals surface area (Å²) in [5, 5.41) is 2.75. The summed E-state index contributed by atoms with van der Waals surface area (Å²) in [6, 6.07) is 11.6. The topological polar surface area (TPSA) is 59.8 Å². The SMILES string of the molecule is [B]n1ccc2nc(NC(=O)CCc3ccccc3)cnc21. The lowest BCUT2D eigenvalue weighted by atomic mass is 10.1. The summed E-state index contributed by atoms with van der Waals surface area (Å²) in [6.07, 6.45) is 4.28. The van der Waals surface area contributed by atoms with Crippen LogP contribution in [0.2, 0.25) is 0 Å². The van der Waals surface area contributed by atoms with Crippen LogP contribution in [0.1, 0.15) is 12.0 Å². The molecule has 2 radical (unpaired) electrons. The summed E-state index contributed by atoms with van der Waals surface area (Å²) in [7, 11) is 5.67. The summed E-state index contributed by atoms with van der Waals surface area (Å²) in [6.45, 7) is 0. The van der Waals surface area contributed by atoms with Gasteiger partial charge in [-0.1, -0.05) is 30.3 Å². The molecule has 0 bridgehead atoms. The largest absolute Gasteiger partial charge is 0.387 e. The van der Waals surface area contributed by atoms with Crippen LogP contribution < -0.4 is 5.32 Å². The normalized spacial score (nSPS) is 10.7. The fourth-order valence-corrected chi connectivity index (χ4v) is 2.10. The number of carbonyl (C=O) groups excluding carboxylic acids is 1. The number of hydrogen-bond acceptors (Lipinski definition) is 3. The minimum atomic E-state index is -0.0836. The average Bonchev–Trinajstić information content (AvgIpc) is 2.87. The van der Waals surface area contributed by atoms with E-state index in [9.17, 15) is 4.79 Å². The monoisotopic (exact) mass is 276 g/mol. The zero-order valence-electron chi connectivity index (χ0n) is 11.4. The van der Waals surface area contributed by atoms with Crippen molar-refractivity contribution in [2.45, 2.75) is 12.8 Å². The Labute approximate surface area is 123 Å². The third-order valence-electron chi connectivity index (χ3n) is 3.17. The number of nitrogens with one attached hydrogen (secondary N) is 1. The Kier molecular flexibility index (Phi) is 3.68. The van der Waals surface area contributed by atoms with Gasteiger partial charge in [-0.3, -0.25) is 4.79 Å². The Bertz CT molecular complexity index is 770. The molecule has 3 aromatic rings. The molecule has 0 spiro atoms. The van der Waals surface area contributed by atoms with Gasteiger partial charge in [-0.15, -0.1) is 0 Å². The van der Waals surface area contributed by atoms with E-state index in [2.05, 4.69) is 15.3 Å². The second kappa shape index (κ2) is 5.79. The van der Waals surface area contributed by atoms with Crippen LogP contribution in [0.3, 0.4) is 0 Å². The Morgan fingerprint density at radius 2 is 2.05 bits per heavy atom. The number of aryl methyl sites for hydroxylation is 1. The zero-order valence-corrected chi connectivity index (χ0v) is 11.4. The number of nitrogens with zero attached hydrogens (tertiary/aromatic N) is 3. The van der Waals surface area contributed by atoms with Crippen molar-refractivity contribution in [1.29, 1.82) is 0 Å². The molecule has 0 saturated carbocycles. The number of carbonyl (C=O) groups is 1. The molecular formula is C15H13BN4O. The molecule has 0 saturated heterocycles. The Morgan fingerprint density at radius 1 is 1.24 bits per heavy atom. The van der Waals surface area contributed by atoms with E-state index >= 15 is 0 Å². The van der Waals surface area contributed by atoms with Gasteiger partial charge in [0.25, 0.3) is 0 Å². The number of benzene rings is 1. The third-order valence-corrected chi connectivity index (χ3v) is 3.17. The van der Waals surface area contributed by atoms with Gasteiger partial charge in [-0.25, -0.2) is 9.97 Å². The molecular weight excluding hydrogens is 263 g/mol. The van der Waals surface area contributed by atoms with Crippen LogP contribution in [0, 0.1) is 0 Å². The number of fused-ring (bicyclic) bond motifs is 1. The van der Waals surface area contributed by atoms with Crippen LogP contribution in [-0.2, 0) is 11.2 Å². The van der Waals surface area contributed by atoms with E-state index in [1.165, 1.54) is 10.7 Å². The van der Waals surface area contributed by atoms with Crippen molar-refractivity contribution in [3.05, 3.63) is 54.4 Å². The summed E-state index contributed by atoms with van der Waals surface area (Å²) in [5.41, 5.74) is 2.37. The second-order valence-electron chi connectivity index (χ2n) is 4.72. The quantitative estimate of drug-likeness (QED) is 0.741. The van der Waals surface area contributed by atoms with E-state index in [0.29, 0.717) is 29.8 Å². The summed E-state index contributed by atoms with van der Waals surface area (Å²) in [4.78, 5) is 20.4. The summed E-state index contributed by atoms with van der Waals surface area (Å²) >= 11 is 0. The Balaban J connectivity index is 1.63. The van der Waals surface area contributed by atoms with Gasteiger partial charge in [0.05, 0.1) is 6.20 Å². The molecule has 1 N–H and O–H groups in total. The maximum Gasteiger partial charge on any atom is 0.236 e. The van der Waals surface area contributed by atoms with E-state index in [1.807, 2.05) is 30.3 Å². The van der Waals surface area contributed by atoms with Crippen LogP contribution in [-0.4, -0.2) is 28.3 Å². The highest BCUT2D eigenvalue weighted by Crippen LogP contribution is 2.12. The lowest BCUT2D eigenvalue weighted by molar-refractivity contribution is -0.116. The number of rotatable bonds is 4. The summed E-state index contributed by atoms with van der Waals surface area (Å²) < 4.78 is 1.39. The van der Waals surface area contributed by atoms with Crippen molar-refractivity contribution in [3.8, 4) is 0 Å². The van der Waals surface area contributed by atoms with Crippen LogP contribution in [0.25, 0.3) is 11.2 Å². The molecule has 2 aromatic heterocycles. The van der Waals surface area contributed by atoms with Gasteiger partial charge < -0.3 is 9.79 Å². The number of amides is 1. The molecule has 0 atom stereocenters. The van der Waals surface area contributed by atoms with Crippen molar-refractivity contribution in [2.24, 2.45) is 0 Å². The molecule has 3 rings (SSSR count). The van der Waals surface area contributed by atoms with Gasteiger partial charge in [0.15, 0.2) is 5.82 Å². The van der Waals surface area contributed by atoms with E-state index in [0.717, 1.165) is 5.56 Å². The number of anilines is 1. The predicted molar refractivity (Wildman–Crippen MR) is 82.1 cm³/mol. The molecule has 0 unspecified atom stereocenters. The Hall–Kier alpha value is -2.63. The number of hydrogen-bond donors (Lipinski definition) is 1. The van der Waals surface area contributed by atoms with Gasteiger partial charge >= 0.3 is 0 Å². The first-order valence-corrected chi connectivity index (χ1v) is 6.65. The first-order valence-electron chi connectivity index (χ1n) is 6.65. The maximum absolute atomic E-state index is 11.9. The van der Waals surface area contributed by atoms with Gasteiger partial charge in [-0.05, 0) is 24.2 Å². The minimum Gasteiger partial charge on any atom is -0.387 e. The van der Waals surface area contributed by atoms with Crippen LogP contribution >= 0.6 is 0 Å². The van der Waals surface area contributed by atoms with Crippen LogP contribution in [0.4, 0.5) is 5.82 Å². The first-order chi connectivity index (χ1) is 10.2. The highest BCUT2D eigenvalue weighted by Gasteiger charge is 2.06. The maximum atomic E-state index is 11.9. The van der Waals surface area contributed by atoms with Gasteiger partial charge in [0, 0.05) is 6.42 Å². The van der Waals surface area contributed by atoms with Crippen molar-refractivity contribution in [3.63, 3.8) is 0 Å². The molecule has 0 fully saturated rings. The van der Waals surface area contributed by atoms with E-state index in [1.54, 1.807) is 12.3 Å². The first kappa shape index (κ1) is 13.4. The third kappa shape index (κ3) is 3.10. The number of aromatic nitrogens is 3. The molecule has 1 amide bonds. The lowest BCUT2D eigenvalue weighted by Crippen LogP contribution is -2.13. The van der Waals surface area contributed by atoms with Crippen LogP contribution in [0.15, 0.2) is 48.8 Å². The van der Waals surface area contributed by atoms with Crippen molar-refractivity contribution < 1.29 is 4.79 Å². The van der Waals surface area contributed by atoms with Crippen molar-refractivity contribution in [2.75, 3.05) is 5.32 Å². The molecule has 6 heteroatoms. The zero-order chi connectivity index (χ0) is 14.7. The highest BCUT2D eigenvalue weighted by molar-refractivity contribution is 6.10. The van der Waals surface area contributed by atoms with Crippen molar-refractivity contribution >= 4 is 30.9 Å². The molecule has 0 aliphatic rings. The molecule has 0 aliphatic heterocycles. The van der Waals surface area contributed by atoms with E-state index in [4.69, 9.17) is 7.98 Å². The Morgan fingerprint density at radius 3 is 2.86 bits per heavy atom. The fraction of sp³-hybridized carbons (Fsp3) is 0.133. The van der Waals surface area contributed by atoms with E-state index < -0.39 is 0 Å². The minimum absolute atomic E-state index is 0.0836. The predicted octanol–water partition coefficient (Wildman–Crippen LogP) is 1.93. The van der Waals surface area contributed by atoms with Crippen molar-refractivity contribution in [1.82, 2.24) is 14.4 Å². The highest BCUT2D eigenvalue weighted by atomic mass is 16.1. The molecule has 2 heterocycles. The smallest absolute Gasteiger partial charge is 0.236 e. The van der Waals surface area contributed by atoms with E-state index in [-0.39, 0.29) is 5.91 Å². The summed E-state index contributed by atoms with van der Waals surface area (Å²) in [5.74, 6) is 0.353. The standard InChI is InChI=1S/C15H13BN4O/c16-20-9-8-12-15(20)17-10-13(18-12)19-14(21)7-6-11-4-2-1-3-5-11/h1-5,8-10H,6-7H2,(H,18,19,21). The molecule has 21 heavy (non-hydrogen) atoms. The average molecular weight is 276 g/mol.